The molecule has 4 rings (SSSR count). The van der Waals surface area contributed by atoms with Crippen LogP contribution >= 0.6 is 0 Å². The number of carbonyl (C=O) groups is 1. The van der Waals surface area contributed by atoms with Crippen molar-refractivity contribution in [2.45, 2.75) is 44.4 Å². The average Bonchev–Trinajstić information content (AvgIpc) is 3.33. The molecule has 160 valence electrons. The fourth-order valence-corrected chi connectivity index (χ4v) is 4.51. The molecule has 30 heavy (non-hydrogen) atoms. The van der Waals surface area contributed by atoms with Crippen LogP contribution in [0.2, 0.25) is 0 Å². The molecule has 6 nitrogen and oxygen atoms in total. The maximum Gasteiger partial charge on any atom is 0.255 e. The lowest BCUT2D eigenvalue weighted by molar-refractivity contribution is -0.0468. The Morgan fingerprint density at radius 1 is 1.23 bits per heavy atom. The maximum atomic E-state index is 13.2. The smallest absolute Gasteiger partial charge is 0.255 e. The van der Waals surface area contributed by atoms with Gasteiger partial charge in [0.15, 0.2) is 0 Å². The normalized spacial score (nSPS) is 20.2. The van der Waals surface area contributed by atoms with Crippen molar-refractivity contribution >= 4 is 5.91 Å². The molecule has 1 aliphatic heterocycles. The first kappa shape index (κ1) is 20.8. The van der Waals surface area contributed by atoms with Gasteiger partial charge >= 0.3 is 0 Å². The molecular formula is C24H31N3O3. The molecule has 0 radical (unpaired) electrons. The predicted octanol–water partition coefficient (Wildman–Crippen LogP) is 3.38. The first-order valence-corrected chi connectivity index (χ1v) is 10.9. The SMILES string of the molecule is COc1ccc(CN2CCOC(CN(C(=O)c3cccnc3)C3CCCC3)C2)cc1. The molecule has 2 fully saturated rings. The second kappa shape index (κ2) is 10.0. The van der Waals surface area contributed by atoms with Crippen LogP contribution in [0.25, 0.3) is 0 Å². The van der Waals surface area contributed by atoms with Gasteiger partial charge in [-0.15, -0.1) is 0 Å². The number of pyridine rings is 1. The van der Waals surface area contributed by atoms with Crippen LogP contribution in [-0.4, -0.2) is 66.2 Å². The molecule has 1 aliphatic carbocycles. The van der Waals surface area contributed by atoms with E-state index in [-0.39, 0.29) is 12.0 Å². The molecule has 2 heterocycles. The summed E-state index contributed by atoms with van der Waals surface area (Å²) in [5, 5.41) is 0. The molecule has 1 atom stereocenters. The zero-order valence-electron chi connectivity index (χ0n) is 17.7. The van der Waals surface area contributed by atoms with Gasteiger partial charge in [-0.25, -0.2) is 0 Å². The molecule has 1 aromatic heterocycles. The Bertz CT molecular complexity index is 806. The van der Waals surface area contributed by atoms with E-state index in [0.717, 1.165) is 38.2 Å². The van der Waals surface area contributed by atoms with Gasteiger partial charge in [0, 0.05) is 44.6 Å². The molecule has 1 saturated heterocycles. The summed E-state index contributed by atoms with van der Waals surface area (Å²) in [6.45, 7) is 3.94. The number of amides is 1. The number of hydrogen-bond acceptors (Lipinski definition) is 5. The Kier molecular flexibility index (Phi) is 6.97. The highest BCUT2D eigenvalue weighted by atomic mass is 16.5. The summed E-state index contributed by atoms with van der Waals surface area (Å²) >= 11 is 0. The van der Waals surface area contributed by atoms with Crippen LogP contribution in [0.1, 0.15) is 41.6 Å². The molecule has 6 heteroatoms. The van der Waals surface area contributed by atoms with Crippen molar-refractivity contribution in [3.63, 3.8) is 0 Å². The van der Waals surface area contributed by atoms with Crippen molar-refractivity contribution in [3.8, 4) is 5.75 Å². The molecular weight excluding hydrogens is 378 g/mol. The highest BCUT2D eigenvalue weighted by molar-refractivity contribution is 5.94. The van der Waals surface area contributed by atoms with Crippen molar-refractivity contribution in [3.05, 3.63) is 59.9 Å². The van der Waals surface area contributed by atoms with Crippen LogP contribution < -0.4 is 4.74 Å². The fraction of sp³-hybridized carbons (Fsp3) is 0.500. The topological polar surface area (TPSA) is 54.9 Å². The van der Waals surface area contributed by atoms with E-state index in [9.17, 15) is 4.79 Å². The third-order valence-corrected chi connectivity index (χ3v) is 6.12. The average molecular weight is 410 g/mol. The van der Waals surface area contributed by atoms with E-state index in [1.807, 2.05) is 29.2 Å². The number of aromatic nitrogens is 1. The van der Waals surface area contributed by atoms with Gasteiger partial charge in [0.1, 0.15) is 5.75 Å². The van der Waals surface area contributed by atoms with E-state index < -0.39 is 0 Å². The third kappa shape index (κ3) is 5.18. The summed E-state index contributed by atoms with van der Waals surface area (Å²) in [5.74, 6) is 0.950. The van der Waals surface area contributed by atoms with Crippen LogP contribution in [-0.2, 0) is 11.3 Å². The quantitative estimate of drug-likeness (QED) is 0.702. The number of morpholine rings is 1. The van der Waals surface area contributed by atoms with Gasteiger partial charge < -0.3 is 14.4 Å². The van der Waals surface area contributed by atoms with Crippen LogP contribution in [0.3, 0.4) is 0 Å². The van der Waals surface area contributed by atoms with E-state index in [4.69, 9.17) is 9.47 Å². The highest BCUT2D eigenvalue weighted by Gasteiger charge is 2.31. The molecule has 0 bridgehead atoms. The van der Waals surface area contributed by atoms with Crippen LogP contribution in [0.4, 0.5) is 0 Å². The Morgan fingerprint density at radius 3 is 2.73 bits per heavy atom. The molecule has 2 aromatic rings. The van der Waals surface area contributed by atoms with E-state index >= 15 is 0 Å². The molecule has 1 saturated carbocycles. The Labute approximate surface area is 178 Å². The summed E-state index contributed by atoms with van der Waals surface area (Å²) in [6.07, 6.45) is 7.94. The first-order chi connectivity index (χ1) is 14.7. The highest BCUT2D eigenvalue weighted by Crippen LogP contribution is 2.26. The molecule has 1 amide bonds. The standard InChI is InChI=1S/C24H31N3O3/c1-29-22-10-8-19(9-11-22)16-26-13-14-30-23(17-26)18-27(21-6-2-3-7-21)24(28)20-5-4-12-25-15-20/h4-5,8-12,15,21,23H,2-3,6-7,13-14,16-18H2,1H3. The van der Waals surface area contributed by atoms with Gasteiger partial charge in [-0.05, 0) is 42.7 Å². The van der Waals surface area contributed by atoms with Gasteiger partial charge in [-0.3, -0.25) is 14.7 Å². The second-order valence-corrected chi connectivity index (χ2v) is 8.21. The van der Waals surface area contributed by atoms with Gasteiger partial charge in [-0.2, -0.15) is 0 Å². The van der Waals surface area contributed by atoms with Crippen molar-refractivity contribution in [2.24, 2.45) is 0 Å². The number of ether oxygens (including phenoxy) is 2. The van der Waals surface area contributed by atoms with Gasteiger partial charge in [0.2, 0.25) is 0 Å². The lowest BCUT2D eigenvalue weighted by Crippen LogP contribution is -2.50. The summed E-state index contributed by atoms with van der Waals surface area (Å²) < 4.78 is 11.3. The molecule has 0 N–H and O–H groups in total. The van der Waals surface area contributed by atoms with Gasteiger partial charge in [0.25, 0.3) is 5.91 Å². The molecule has 1 aromatic carbocycles. The minimum atomic E-state index is 0.0261. The van der Waals surface area contributed by atoms with Gasteiger partial charge in [-0.1, -0.05) is 25.0 Å². The number of nitrogens with zero attached hydrogens (tertiary/aromatic N) is 3. The fourth-order valence-electron chi connectivity index (χ4n) is 4.51. The van der Waals surface area contributed by atoms with E-state index in [2.05, 4.69) is 22.0 Å². The number of benzene rings is 1. The number of methoxy groups -OCH3 is 1. The van der Waals surface area contributed by atoms with Crippen molar-refractivity contribution in [1.82, 2.24) is 14.8 Å². The summed E-state index contributed by atoms with van der Waals surface area (Å²) in [7, 11) is 1.68. The Morgan fingerprint density at radius 2 is 2.03 bits per heavy atom. The molecule has 0 spiro atoms. The summed E-state index contributed by atoms with van der Waals surface area (Å²) in [4.78, 5) is 21.8. The van der Waals surface area contributed by atoms with Crippen LogP contribution in [0.15, 0.2) is 48.8 Å². The second-order valence-electron chi connectivity index (χ2n) is 8.21. The Hall–Kier alpha value is -2.44. The first-order valence-electron chi connectivity index (χ1n) is 10.9. The molecule has 2 aliphatic rings. The number of hydrogen-bond donors (Lipinski definition) is 0. The summed E-state index contributed by atoms with van der Waals surface area (Å²) in [5.41, 5.74) is 1.92. The monoisotopic (exact) mass is 409 g/mol. The lowest BCUT2D eigenvalue weighted by Gasteiger charge is -2.38. The van der Waals surface area contributed by atoms with Crippen molar-refractivity contribution < 1.29 is 14.3 Å². The number of rotatable bonds is 7. The maximum absolute atomic E-state index is 13.2. The minimum absolute atomic E-state index is 0.0261. The van der Waals surface area contributed by atoms with E-state index in [0.29, 0.717) is 24.8 Å². The van der Waals surface area contributed by atoms with E-state index in [1.165, 1.54) is 18.4 Å². The minimum Gasteiger partial charge on any atom is -0.497 e. The van der Waals surface area contributed by atoms with Gasteiger partial charge in [0.05, 0.1) is 25.4 Å². The molecule has 1 unspecified atom stereocenters. The van der Waals surface area contributed by atoms with Crippen LogP contribution in [0, 0.1) is 0 Å². The predicted molar refractivity (Wildman–Crippen MR) is 116 cm³/mol. The number of carbonyl (C=O) groups excluding carboxylic acids is 1. The lowest BCUT2D eigenvalue weighted by atomic mass is 10.1. The van der Waals surface area contributed by atoms with Crippen LogP contribution in [0.5, 0.6) is 5.75 Å². The largest absolute Gasteiger partial charge is 0.497 e. The summed E-state index contributed by atoms with van der Waals surface area (Å²) in [6, 6.07) is 12.2. The third-order valence-electron chi connectivity index (χ3n) is 6.12. The van der Waals surface area contributed by atoms with Crippen molar-refractivity contribution in [2.75, 3.05) is 33.4 Å². The zero-order chi connectivity index (χ0) is 20.8. The van der Waals surface area contributed by atoms with Crippen molar-refractivity contribution in [1.29, 1.82) is 0 Å². The zero-order valence-corrected chi connectivity index (χ0v) is 17.7. The Balaban J connectivity index is 1.41. The van der Waals surface area contributed by atoms with E-state index in [1.54, 1.807) is 19.5 Å².